The number of likely N-dealkylation sites (tertiary alicyclic amines) is 1. The standard InChI is InChI=1S/C22H27N3O/c1-17(2)25-15-13-20(14-16-25)23-24-22(26)21(18-9-5-3-6-10-18)19-11-7-4-8-12-19/h3-12,17,21H,13-16H2,1-2H3,(H,24,26)/p+1. The number of hydrogen-bond donors (Lipinski definition) is 2. The van der Waals surface area contributed by atoms with Crippen LogP contribution in [-0.2, 0) is 4.79 Å². The van der Waals surface area contributed by atoms with E-state index in [0.29, 0.717) is 6.04 Å². The Morgan fingerprint density at radius 2 is 1.42 bits per heavy atom. The maximum absolute atomic E-state index is 12.9. The number of hydrazone groups is 1. The molecule has 1 aliphatic heterocycles. The van der Waals surface area contributed by atoms with Crippen LogP contribution in [0.25, 0.3) is 0 Å². The molecule has 0 spiro atoms. The molecular weight excluding hydrogens is 322 g/mol. The maximum Gasteiger partial charge on any atom is 0.252 e. The van der Waals surface area contributed by atoms with Gasteiger partial charge in [-0.15, -0.1) is 0 Å². The third-order valence-corrected chi connectivity index (χ3v) is 5.14. The molecule has 3 rings (SSSR count). The average Bonchev–Trinajstić information content (AvgIpc) is 2.68. The molecule has 26 heavy (non-hydrogen) atoms. The first-order chi connectivity index (χ1) is 12.6. The summed E-state index contributed by atoms with van der Waals surface area (Å²) in [5, 5.41) is 4.45. The second-order valence-electron chi connectivity index (χ2n) is 7.22. The number of carbonyl (C=O) groups is 1. The first kappa shape index (κ1) is 18.3. The number of benzene rings is 2. The third kappa shape index (κ3) is 4.58. The molecule has 136 valence electrons. The van der Waals surface area contributed by atoms with Gasteiger partial charge in [-0.25, -0.2) is 5.43 Å². The molecule has 2 N–H and O–H groups in total. The van der Waals surface area contributed by atoms with Crippen LogP contribution in [0.5, 0.6) is 0 Å². The monoisotopic (exact) mass is 350 g/mol. The minimum absolute atomic E-state index is 0.0754. The van der Waals surface area contributed by atoms with E-state index in [2.05, 4.69) is 24.4 Å². The van der Waals surface area contributed by atoms with Gasteiger partial charge in [-0.05, 0) is 25.0 Å². The number of rotatable bonds is 5. The summed E-state index contributed by atoms with van der Waals surface area (Å²) in [5.41, 5.74) is 5.90. The van der Waals surface area contributed by atoms with E-state index in [1.54, 1.807) is 4.90 Å². The Morgan fingerprint density at radius 1 is 0.923 bits per heavy atom. The van der Waals surface area contributed by atoms with E-state index in [0.717, 1.165) is 42.8 Å². The second kappa shape index (κ2) is 8.77. The summed E-state index contributed by atoms with van der Waals surface area (Å²) in [4.78, 5) is 14.5. The van der Waals surface area contributed by atoms with Gasteiger partial charge in [0.05, 0.1) is 25.0 Å². The van der Waals surface area contributed by atoms with Crippen LogP contribution in [0.1, 0.15) is 43.7 Å². The van der Waals surface area contributed by atoms with E-state index in [4.69, 9.17) is 0 Å². The van der Waals surface area contributed by atoms with Gasteiger partial charge in [0, 0.05) is 18.6 Å². The Hall–Kier alpha value is -2.46. The molecule has 2 aromatic rings. The lowest BCUT2D eigenvalue weighted by Crippen LogP contribution is -3.16. The Kier molecular flexibility index (Phi) is 6.18. The van der Waals surface area contributed by atoms with Gasteiger partial charge in [0.25, 0.3) is 5.91 Å². The minimum atomic E-state index is -0.344. The molecule has 1 saturated heterocycles. The summed E-state index contributed by atoms with van der Waals surface area (Å²) in [7, 11) is 0. The molecule has 0 aliphatic carbocycles. The zero-order valence-electron chi connectivity index (χ0n) is 15.6. The normalized spacial score (nSPS) is 17.4. The van der Waals surface area contributed by atoms with E-state index in [1.165, 1.54) is 0 Å². The topological polar surface area (TPSA) is 45.9 Å². The summed E-state index contributed by atoms with van der Waals surface area (Å²) in [6, 6.07) is 20.4. The molecule has 1 heterocycles. The minimum Gasteiger partial charge on any atom is -0.332 e. The second-order valence-corrected chi connectivity index (χ2v) is 7.22. The van der Waals surface area contributed by atoms with Crippen molar-refractivity contribution in [3.05, 3.63) is 71.8 Å². The van der Waals surface area contributed by atoms with E-state index in [-0.39, 0.29) is 11.8 Å². The van der Waals surface area contributed by atoms with Crippen molar-refractivity contribution < 1.29 is 9.69 Å². The number of nitrogens with zero attached hydrogens (tertiary/aromatic N) is 1. The third-order valence-electron chi connectivity index (χ3n) is 5.14. The lowest BCUT2D eigenvalue weighted by Gasteiger charge is -2.28. The van der Waals surface area contributed by atoms with Crippen molar-refractivity contribution in [1.29, 1.82) is 0 Å². The number of carbonyl (C=O) groups excluding carboxylic acids is 1. The molecule has 0 saturated carbocycles. The summed E-state index contributed by atoms with van der Waals surface area (Å²) in [6.45, 7) is 6.69. The molecule has 0 bridgehead atoms. The van der Waals surface area contributed by atoms with Gasteiger partial charge in [-0.2, -0.15) is 5.10 Å². The van der Waals surface area contributed by atoms with Crippen molar-refractivity contribution in [3.8, 4) is 0 Å². The Balaban J connectivity index is 1.72. The largest absolute Gasteiger partial charge is 0.332 e. The van der Waals surface area contributed by atoms with Crippen LogP contribution in [0, 0.1) is 0 Å². The Morgan fingerprint density at radius 3 is 1.88 bits per heavy atom. The number of quaternary nitrogens is 1. The van der Waals surface area contributed by atoms with Gasteiger partial charge in [-0.1, -0.05) is 60.7 Å². The zero-order chi connectivity index (χ0) is 18.4. The lowest BCUT2D eigenvalue weighted by molar-refractivity contribution is -0.922. The van der Waals surface area contributed by atoms with E-state index >= 15 is 0 Å². The highest BCUT2D eigenvalue weighted by atomic mass is 16.2. The summed E-state index contributed by atoms with van der Waals surface area (Å²) >= 11 is 0. The van der Waals surface area contributed by atoms with E-state index in [1.807, 2.05) is 60.7 Å². The zero-order valence-corrected chi connectivity index (χ0v) is 15.6. The van der Waals surface area contributed by atoms with Gasteiger partial charge >= 0.3 is 0 Å². The number of piperidine rings is 1. The maximum atomic E-state index is 12.9. The number of amides is 1. The summed E-state index contributed by atoms with van der Waals surface area (Å²) in [6.07, 6.45) is 1.91. The average molecular weight is 350 g/mol. The van der Waals surface area contributed by atoms with Crippen LogP contribution >= 0.6 is 0 Å². The molecular formula is C22H28N3O+. The summed E-state index contributed by atoms with van der Waals surface area (Å²) in [5.74, 6) is -0.420. The lowest BCUT2D eigenvalue weighted by atomic mass is 9.91. The highest BCUT2D eigenvalue weighted by Crippen LogP contribution is 2.24. The highest BCUT2D eigenvalue weighted by Gasteiger charge is 2.24. The van der Waals surface area contributed by atoms with Crippen LogP contribution in [0.2, 0.25) is 0 Å². The molecule has 0 atom stereocenters. The molecule has 0 radical (unpaired) electrons. The first-order valence-electron chi connectivity index (χ1n) is 9.45. The van der Waals surface area contributed by atoms with Gasteiger partial charge in [-0.3, -0.25) is 4.79 Å². The smallest absolute Gasteiger partial charge is 0.252 e. The molecule has 4 nitrogen and oxygen atoms in total. The van der Waals surface area contributed by atoms with E-state index < -0.39 is 0 Å². The molecule has 4 heteroatoms. The van der Waals surface area contributed by atoms with Crippen LogP contribution in [0.3, 0.4) is 0 Å². The number of nitrogens with one attached hydrogen (secondary N) is 2. The fraction of sp³-hybridized carbons (Fsp3) is 0.364. The van der Waals surface area contributed by atoms with Crippen LogP contribution in [0.15, 0.2) is 65.8 Å². The molecule has 1 aliphatic rings. The van der Waals surface area contributed by atoms with Gasteiger partial charge in [0.15, 0.2) is 0 Å². The first-order valence-corrected chi connectivity index (χ1v) is 9.45. The Bertz CT molecular complexity index is 691. The number of hydrogen-bond acceptors (Lipinski definition) is 2. The van der Waals surface area contributed by atoms with Gasteiger partial charge in [0.2, 0.25) is 0 Å². The van der Waals surface area contributed by atoms with Crippen molar-refractivity contribution in [2.75, 3.05) is 13.1 Å². The molecule has 1 fully saturated rings. The molecule has 0 unspecified atom stereocenters. The fourth-order valence-electron chi connectivity index (χ4n) is 3.53. The van der Waals surface area contributed by atoms with Crippen LogP contribution < -0.4 is 10.3 Å². The molecule has 2 aromatic carbocycles. The van der Waals surface area contributed by atoms with Crippen molar-refractivity contribution in [3.63, 3.8) is 0 Å². The van der Waals surface area contributed by atoms with E-state index in [9.17, 15) is 4.79 Å². The predicted octanol–water partition coefficient (Wildman–Crippen LogP) is 2.38. The predicted molar refractivity (Wildman–Crippen MR) is 105 cm³/mol. The fourth-order valence-corrected chi connectivity index (χ4v) is 3.53. The Labute approximate surface area is 155 Å². The molecule has 1 amide bonds. The van der Waals surface area contributed by atoms with Gasteiger partial charge in [0.1, 0.15) is 0 Å². The molecule has 0 aromatic heterocycles. The van der Waals surface area contributed by atoms with Gasteiger partial charge < -0.3 is 4.90 Å². The van der Waals surface area contributed by atoms with Crippen molar-refractivity contribution in [1.82, 2.24) is 5.43 Å². The van der Waals surface area contributed by atoms with Crippen LogP contribution in [0.4, 0.5) is 0 Å². The van der Waals surface area contributed by atoms with Crippen molar-refractivity contribution in [2.24, 2.45) is 5.10 Å². The highest BCUT2D eigenvalue weighted by molar-refractivity contribution is 5.90. The van der Waals surface area contributed by atoms with Crippen molar-refractivity contribution in [2.45, 2.75) is 38.6 Å². The SMILES string of the molecule is CC(C)[NH+]1CCC(=NNC(=O)C(c2ccccc2)c2ccccc2)CC1. The summed E-state index contributed by atoms with van der Waals surface area (Å²) < 4.78 is 0. The van der Waals surface area contributed by atoms with Crippen molar-refractivity contribution >= 4 is 11.6 Å². The van der Waals surface area contributed by atoms with Crippen LogP contribution in [-0.4, -0.2) is 30.8 Å². The quantitative estimate of drug-likeness (QED) is 0.799.